The number of benzene rings is 3. The molecule has 0 spiro atoms. The van der Waals surface area contributed by atoms with Crippen LogP contribution in [0.2, 0.25) is 0 Å². The van der Waals surface area contributed by atoms with Crippen LogP contribution in [0.15, 0.2) is 53.5 Å². The Kier molecular flexibility index (Phi) is 4.98. The summed E-state index contributed by atoms with van der Waals surface area (Å²) < 4.78 is 56.5. The van der Waals surface area contributed by atoms with E-state index in [4.69, 9.17) is 0 Å². The van der Waals surface area contributed by atoms with Crippen LogP contribution in [-0.2, 0) is 0 Å². The monoisotopic (exact) mass is 373 g/mol. The molecule has 0 amide bonds. The third-order valence-electron chi connectivity index (χ3n) is 3.96. The van der Waals surface area contributed by atoms with Gasteiger partial charge in [0.25, 0.3) is 0 Å². The van der Waals surface area contributed by atoms with Crippen LogP contribution in [-0.4, -0.2) is 5.16 Å². The molecule has 0 aliphatic carbocycles. The van der Waals surface area contributed by atoms with E-state index < -0.39 is 34.5 Å². The molecule has 1 nitrogen and oxygen atoms in total. The zero-order valence-electron chi connectivity index (χ0n) is 13.5. The second kappa shape index (κ2) is 7.20. The van der Waals surface area contributed by atoms with Gasteiger partial charge in [-0.15, -0.1) is 0 Å². The van der Waals surface area contributed by atoms with Gasteiger partial charge in [0, 0.05) is 0 Å². The van der Waals surface area contributed by atoms with Gasteiger partial charge in [0.2, 0.25) is 0 Å². The third-order valence-corrected chi connectivity index (χ3v) is 4.05. The first-order valence-corrected chi connectivity index (χ1v) is 7.96. The molecule has 3 rings (SSSR count). The molecule has 0 fully saturated rings. The molecule has 130 valence electrons. The minimum absolute atomic E-state index is 0.00606. The van der Waals surface area contributed by atoms with Gasteiger partial charge in [-0.3, -0.25) is 0 Å². The number of hydrogen-bond acceptors (Lipinski definition) is 2. The quantitative estimate of drug-likeness (QED) is 0.217. The van der Waals surface area contributed by atoms with Crippen molar-refractivity contribution in [2.24, 2.45) is 4.99 Å². The molecule has 0 radical (unpaired) electrons. The molecule has 0 N–H and O–H groups in total. The van der Waals surface area contributed by atoms with Gasteiger partial charge in [0.15, 0.2) is 29.0 Å². The second-order valence-electron chi connectivity index (χ2n) is 5.63. The lowest BCUT2D eigenvalue weighted by Gasteiger charge is -2.10. The molecule has 3 aromatic rings. The van der Waals surface area contributed by atoms with E-state index in [2.05, 4.69) is 17.2 Å². The van der Waals surface area contributed by atoms with Gasteiger partial charge in [-0.25, -0.2) is 17.6 Å². The van der Waals surface area contributed by atoms with Crippen molar-refractivity contribution in [3.63, 3.8) is 0 Å². The zero-order valence-corrected chi connectivity index (χ0v) is 14.3. The summed E-state index contributed by atoms with van der Waals surface area (Å²) in [5, 5.41) is 1.70. The van der Waals surface area contributed by atoms with Crippen molar-refractivity contribution >= 4 is 23.1 Å². The van der Waals surface area contributed by atoms with E-state index in [1.807, 2.05) is 31.2 Å². The van der Waals surface area contributed by atoms with E-state index in [0.29, 0.717) is 0 Å². The lowest BCUT2D eigenvalue weighted by Crippen LogP contribution is -2.00. The van der Waals surface area contributed by atoms with Crippen LogP contribution in [0, 0.1) is 30.2 Å². The molecule has 0 saturated carbocycles. The van der Waals surface area contributed by atoms with Crippen molar-refractivity contribution in [1.82, 2.24) is 0 Å². The van der Waals surface area contributed by atoms with Crippen molar-refractivity contribution in [1.29, 1.82) is 0 Å². The standard InChI is InChI=1S/C20H11F4NS/c1-11-2-4-12(5-3-11)13-6-8-14(9-7-13)15-16(21)18(23)20(25-10-26)19(24)17(15)22/h2-9H,1H3. The summed E-state index contributed by atoms with van der Waals surface area (Å²) in [6, 6.07) is 13.7. The van der Waals surface area contributed by atoms with Crippen molar-refractivity contribution < 1.29 is 17.6 Å². The summed E-state index contributed by atoms with van der Waals surface area (Å²) in [6.45, 7) is 1.96. The summed E-state index contributed by atoms with van der Waals surface area (Å²) >= 11 is 4.24. The van der Waals surface area contributed by atoms with E-state index in [1.54, 1.807) is 17.3 Å². The maximum atomic E-state index is 14.3. The molecule has 0 aliphatic rings. The molecule has 3 aromatic carbocycles. The predicted molar refractivity (Wildman–Crippen MR) is 96.6 cm³/mol. The maximum absolute atomic E-state index is 14.3. The first-order valence-electron chi connectivity index (χ1n) is 7.55. The fourth-order valence-electron chi connectivity index (χ4n) is 2.59. The molecule has 0 aromatic heterocycles. The lowest BCUT2D eigenvalue weighted by atomic mass is 9.98. The van der Waals surface area contributed by atoms with E-state index in [1.165, 1.54) is 12.1 Å². The highest BCUT2D eigenvalue weighted by atomic mass is 32.1. The highest BCUT2D eigenvalue weighted by molar-refractivity contribution is 7.78. The number of aryl methyl sites for hydroxylation is 1. The van der Waals surface area contributed by atoms with Crippen molar-refractivity contribution in [3.05, 3.63) is 77.4 Å². The Morgan fingerprint density at radius 1 is 0.692 bits per heavy atom. The van der Waals surface area contributed by atoms with E-state index in [9.17, 15) is 17.6 Å². The molecule has 0 saturated heterocycles. The summed E-state index contributed by atoms with van der Waals surface area (Å²) in [5.74, 6) is -6.29. The second-order valence-corrected chi connectivity index (χ2v) is 5.81. The summed E-state index contributed by atoms with van der Waals surface area (Å²) in [4.78, 5) is 3.06. The van der Waals surface area contributed by atoms with Crippen molar-refractivity contribution in [3.8, 4) is 22.3 Å². The minimum Gasteiger partial charge on any atom is -0.203 e. The Hall–Kier alpha value is -2.82. The van der Waals surface area contributed by atoms with Gasteiger partial charge in [-0.2, -0.15) is 4.99 Å². The summed E-state index contributed by atoms with van der Waals surface area (Å²) in [7, 11) is 0. The summed E-state index contributed by atoms with van der Waals surface area (Å²) in [6.07, 6.45) is 0. The van der Waals surface area contributed by atoms with Crippen LogP contribution in [0.4, 0.5) is 23.2 Å². The number of rotatable bonds is 3. The molecular weight excluding hydrogens is 362 g/mol. The van der Waals surface area contributed by atoms with Gasteiger partial charge in [-0.1, -0.05) is 54.1 Å². The highest BCUT2D eigenvalue weighted by Gasteiger charge is 2.26. The fraction of sp³-hybridized carbons (Fsp3) is 0.0500. The molecule has 0 bridgehead atoms. The average Bonchev–Trinajstić information content (AvgIpc) is 2.65. The Labute approximate surface area is 152 Å². The number of halogens is 4. The van der Waals surface area contributed by atoms with Crippen molar-refractivity contribution in [2.75, 3.05) is 0 Å². The number of thiocarbonyl (C=S) groups is 1. The molecule has 0 heterocycles. The van der Waals surface area contributed by atoms with Crippen LogP contribution in [0.1, 0.15) is 5.56 Å². The number of isothiocyanates is 1. The largest absolute Gasteiger partial charge is 0.203 e. The smallest absolute Gasteiger partial charge is 0.189 e. The van der Waals surface area contributed by atoms with Gasteiger partial charge in [0.1, 0.15) is 0 Å². The van der Waals surface area contributed by atoms with E-state index in [0.717, 1.165) is 16.7 Å². The third kappa shape index (κ3) is 3.17. The first-order chi connectivity index (χ1) is 12.4. The Balaban J connectivity index is 2.10. The summed E-state index contributed by atoms with van der Waals surface area (Å²) in [5.41, 5.74) is 0.892. The number of nitrogens with zero attached hydrogens (tertiary/aromatic N) is 1. The van der Waals surface area contributed by atoms with Crippen LogP contribution in [0.25, 0.3) is 22.3 Å². The van der Waals surface area contributed by atoms with Gasteiger partial charge < -0.3 is 0 Å². The fourth-order valence-corrected chi connectivity index (χ4v) is 2.68. The van der Waals surface area contributed by atoms with E-state index in [-0.39, 0.29) is 5.56 Å². The van der Waals surface area contributed by atoms with Crippen LogP contribution in [0.5, 0.6) is 0 Å². The van der Waals surface area contributed by atoms with Gasteiger partial charge in [0.05, 0.1) is 10.7 Å². The van der Waals surface area contributed by atoms with Crippen molar-refractivity contribution in [2.45, 2.75) is 6.92 Å². The van der Waals surface area contributed by atoms with Gasteiger partial charge >= 0.3 is 0 Å². The molecule has 0 atom stereocenters. The SMILES string of the molecule is Cc1ccc(-c2ccc(-c3c(F)c(F)c(N=C=S)c(F)c3F)cc2)cc1. The molecular formula is C20H11F4NS. The van der Waals surface area contributed by atoms with Gasteiger partial charge in [-0.05, 0) is 35.8 Å². The number of aliphatic imine (C=N–C) groups is 1. The lowest BCUT2D eigenvalue weighted by molar-refractivity contribution is 0.462. The average molecular weight is 373 g/mol. The van der Waals surface area contributed by atoms with Crippen LogP contribution < -0.4 is 0 Å². The normalized spacial score (nSPS) is 10.5. The predicted octanol–water partition coefficient (Wildman–Crippen LogP) is 6.62. The minimum atomic E-state index is -1.61. The van der Waals surface area contributed by atoms with Crippen LogP contribution in [0.3, 0.4) is 0 Å². The maximum Gasteiger partial charge on any atom is 0.189 e. The molecule has 0 aliphatic heterocycles. The highest BCUT2D eigenvalue weighted by Crippen LogP contribution is 2.36. The van der Waals surface area contributed by atoms with Crippen LogP contribution >= 0.6 is 12.2 Å². The first kappa shape index (κ1) is 18.0. The Morgan fingerprint density at radius 2 is 1.12 bits per heavy atom. The molecule has 26 heavy (non-hydrogen) atoms. The number of hydrogen-bond donors (Lipinski definition) is 0. The molecule has 6 heteroatoms. The van der Waals surface area contributed by atoms with E-state index >= 15 is 0 Å². The molecule has 0 unspecified atom stereocenters. The topological polar surface area (TPSA) is 12.4 Å². The zero-order chi connectivity index (χ0) is 18.8. The Bertz CT molecular complexity index is 992. The Morgan fingerprint density at radius 3 is 1.58 bits per heavy atom.